The average Bonchev–Trinajstić information content (AvgIpc) is 2.59. The summed E-state index contributed by atoms with van der Waals surface area (Å²) in [7, 11) is -3.78. The van der Waals surface area contributed by atoms with E-state index < -0.39 is 10.0 Å². The van der Waals surface area contributed by atoms with Crippen molar-refractivity contribution in [2.45, 2.75) is 52.0 Å². The van der Waals surface area contributed by atoms with E-state index in [1.165, 1.54) is 12.1 Å². The van der Waals surface area contributed by atoms with Gasteiger partial charge in [0.05, 0.1) is 4.90 Å². The largest absolute Gasteiger partial charge is 0.349 e. The van der Waals surface area contributed by atoms with Crippen LogP contribution in [0.15, 0.2) is 47.4 Å². The maximum absolute atomic E-state index is 12.7. The zero-order valence-electron chi connectivity index (χ0n) is 16.5. The predicted molar refractivity (Wildman–Crippen MR) is 110 cm³/mol. The first-order chi connectivity index (χ1) is 12.6. The van der Waals surface area contributed by atoms with E-state index in [-0.39, 0.29) is 16.8 Å². The lowest BCUT2D eigenvalue weighted by atomic mass is 10.0. The van der Waals surface area contributed by atoms with Crippen molar-refractivity contribution in [2.75, 3.05) is 4.72 Å². The summed E-state index contributed by atoms with van der Waals surface area (Å²) in [5, 5.41) is 3.00. The summed E-state index contributed by atoms with van der Waals surface area (Å²) in [5.74, 6) is 0.0508. The van der Waals surface area contributed by atoms with Crippen molar-refractivity contribution in [3.63, 3.8) is 0 Å². The number of carbonyl (C=O) groups is 1. The molecule has 0 spiro atoms. The van der Waals surface area contributed by atoms with Gasteiger partial charge in [-0.3, -0.25) is 9.52 Å². The minimum Gasteiger partial charge on any atom is -0.349 e. The van der Waals surface area contributed by atoms with Crippen LogP contribution in [-0.4, -0.2) is 20.4 Å². The van der Waals surface area contributed by atoms with Gasteiger partial charge in [-0.2, -0.15) is 0 Å². The quantitative estimate of drug-likeness (QED) is 0.744. The second-order valence-electron chi connectivity index (χ2n) is 7.18. The van der Waals surface area contributed by atoms with E-state index in [4.69, 9.17) is 0 Å². The molecular formula is C21H28N2O3S. The van der Waals surface area contributed by atoms with Crippen LogP contribution in [0.2, 0.25) is 0 Å². The average molecular weight is 389 g/mol. The van der Waals surface area contributed by atoms with Gasteiger partial charge in [-0.25, -0.2) is 8.42 Å². The Labute approximate surface area is 162 Å². The molecule has 0 saturated heterocycles. The number of amides is 1. The van der Waals surface area contributed by atoms with Crippen molar-refractivity contribution in [1.82, 2.24) is 5.32 Å². The molecule has 0 radical (unpaired) electrons. The third-order valence-corrected chi connectivity index (χ3v) is 5.97. The highest BCUT2D eigenvalue weighted by atomic mass is 32.2. The molecule has 146 valence electrons. The summed E-state index contributed by atoms with van der Waals surface area (Å²) < 4.78 is 28.1. The zero-order chi connectivity index (χ0) is 20.2. The van der Waals surface area contributed by atoms with Crippen LogP contribution in [0.25, 0.3) is 0 Å². The molecule has 2 aromatic carbocycles. The number of sulfonamides is 1. The molecule has 5 nitrogen and oxygen atoms in total. The van der Waals surface area contributed by atoms with Crippen LogP contribution in [0.4, 0.5) is 5.69 Å². The lowest BCUT2D eigenvalue weighted by Crippen LogP contribution is -2.38. The van der Waals surface area contributed by atoms with E-state index >= 15 is 0 Å². The molecule has 2 aromatic rings. The normalized spacial score (nSPS) is 12.7. The van der Waals surface area contributed by atoms with Crippen LogP contribution < -0.4 is 10.0 Å². The maximum atomic E-state index is 12.7. The summed E-state index contributed by atoms with van der Waals surface area (Å²) >= 11 is 0. The summed E-state index contributed by atoms with van der Waals surface area (Å²) in [6, 6.07) is 11.8. The van der Waals surface area contributed by atoms with Crippen LogP contribution in [-0.2, 0) is 10.0 Å². The van der Waals surface area contributed by atoms with Crippen molar-refractivity contribution >= 4 is 21.6 Å². The monoisotopic (exact) mass is 388 g/mol. The van der Waals surface area contributed by atoms with Crippen LogP contribution in [0.1, 0.15) is 48.7 Å². The third-order valence-electron chi connectivity index (χ3n) is 4.60. The van der Waals surface area contributed by atoms with Crippen LogP contribution >= 0.6 is 0 Å². The van der Waals surface area contributed by atoms with Crippen molar-refractivity contribution in [3.8, 4) is 0 Å². The minimum atomic E-state index is -3.78. The highest BCUT2D eigenvalue weighted by Gasteiger charge is 2.20. The second kappa shape index (κ2) is 8.57. The lowest BCUT2D eigenvalue weighted by Gasteiger charge is -2.21. The Bertz CT molecular complexity index is 921. The van der Waals surface area contributed by atoms with Crippen LogP contribution in [0, 0.1) is 19.8 Å². The molecule has 0 fully saturated rings. The predicted octanol–water partition coefficient (Wildman–Crippen LogP) is 4.27. The molecule has 27 heavy (non-hydrogen) atoms. The highest BCUT2D eigenvalue weighted by molar-refractivity contribution is 7.92. The Kier molecular flexibility index (Phi) is 6.65. The molecule has 0 aliphatic heterocycles. The molecular weight excluding hydrogens is 360 g/mol. The van der Waals surface area contributed by atoms with Gasteiger partial charge in [0, 0.05) is 17.3 Å². The summed E-state index contributed by atoms with van der Waals surface area (Å²) in [6.45, 7) is 9.81. The van der Waals surface area contributed by atoms with Crippen LogP contribution in [0.3, 0.4) is 0 Å². The van der Waals surface area contributed by atoms with Gasteiger partial charge in [0.1, 0.15) is 0 Å². The fourth-order valence-corrected chi connectivity index (χ4v) is 4.00. The van der Waals surface area contributed by atoms with E-state index in [1.807, 2.05) is 33.8 Å². The van der Waals surface area contributed by atoms with E-state index in [1.54, 1.807) is 31.2 Å². The van der Waals surface area contributed by atoms with Crippen molar-refractivity contribution in [3.05, 3.63) is 59.2 Å². The fourth-order valence-electron chi connectivity index (χ4n) is 2.92. The van der Waals surface area contributed by atoms with Gasteiger partial charge in [-0.15, -0.1) is 0 Å². The highest BCUT2D eigenvalue weighted by Crippen LogP contribution is 2.20. The van der Waals surface area contributed by atoms with Gasteiger partial charge in [-0.1, -0.05) is 39.0 Å². The molecule has 1 amide bonds. The SMILES string of the molecule is CCC(NC(=O)c1cc(S(=O)(=O)Nc2cccc(C)c2)ccc1C)C(C)C. The van der Waals surface area contributed by atoms with Crippen LogP contribution in [0.5, 0.6) is 0 Å². The summed E-state index contributed by atoms with van der Waals surface area (Å²) in [6.07, 6.45) is 0.815. The van der Waals surface area contributed by atoms with Crippen molar-refractivity contribution < 1.29 is 13.2 Å². The van der Waals surface area contributed by atoms with Gasteiger partial charge in [0.15, 0.2) is 0 Å². The smallest absolute Gasteiger partial charge is 0.261 e. The number of rotatable bonds is 7. The first-order valence-electron chi connectivity index (χ1n) is 9.15. The maximum Gasteiger partial charge on any atom is 0.261 e. The fraction of sp³-hybridized carbons (Fsp3) is 0.381. The van der Waals surface area contributed by atoms with Gasteiger partial charge < -0.3 is 5.32 Å². The van der Waals surface area contributed by atoms with Gasteiger partial charge in [0.2, 0.25) is 0 Å². The van der Waals surface area contributed by atoms with E-state index in [2.05, 4.69) is 10.0 Å². The Morgan fingerprint density at radius 1 is 1.07 bits per heavy atom. The molecule has 2 N–H and O–H groups in total. The standard InChI is InChI=1S/C21H28N2O3S/c1-6-20(14(2)3)22-21(24)19-13-18(11-10-16(19)5)27(25,26)23-17-9-7-8-15(4)12-17/h7-14,20,23H,6H2,1-5H3,(H,22,24). The number of hydrogen-bond acceptors (Lipinski definition) is 3. The van der Waals surface area contributed by atoms with E-state index in [9.17, 15) is 13.2 Å². The third kappa shape index (κ3) is 5.32. The Balaban J connectivity index is 2.31. The first kappa shape index (κ1) is 21.0. The molecule has 1 unspecified atom stereocenters. The van der Waals surface area contributed by atoms with Crippen molar-refractivity contribution in [2.24, 2.45) is 5.92 Å². The number of anilines is 1. The molecule has 1 atom stereocenters. The Morgan fingerprint density at radius 3 is 2.37 bits per heavy atom. The molecule has 0 aliphatic carbocycles. The zero-order valence-corrected chi connectivity index (χ0v) is 17.4. The Morgan fingerprint density at radius 2 is 1.78 bits per heavy atom. The molecule has 0 aromatic heterocycles. The topological polar surface area (TPSA) is 75.3 Å². The van der Waals surface area contributed by atoms with Gasteiger partial charge >= 0.3 is 0 Å². The number of benzene rings is 2. The second-order valence-corrected chi connectivity index (χ2v) is 8.87. The minimum absolute atomic E-state index is 0.0441. The number of nitrogens with one attached hydrogen (secondary N) is 2. The number of carbonyl (C=O) groups excluding carboxylic acids is 1. The molecule has 0 saturated carbocycles. The molecule has 0 aliphatic rings. The summed E-state index contributed by atoms with van der Waals surface area (Å²) in [5.41, 5.74) is 2.56. The molecule has 0 bridgehead atoms. The molecule has 2 rings (SSSR count). The summed E-state index contributed by atoms with van der Waals surface area (Å²) in [4.78, 5) is 12.8. The number of aryl methyl sites for hydroxylation is 2. The lowest BCUT2D eigenvalue weighted by molar-refractivity contribution is 0.0923. The molecule has 6 heteroatoms. The van der Waals surface area contributed by atoms with Crippen molar-refractivity contribution in [1.29, 1.82) is 0 Å². The number of hydrogen-bond donors (Lipinski definition) is 2. The van der Waals surface area contributed by atoms with E-state index in [0.717, 1.165) is 17.5 Å². The molecule has 0 heterocycles. The first-order valence-corrected chi connectivity index (χ1v) is 10.6. The van der Waals surface area contributed by atoms with E-state index in [0.29, 0.717) is 17.2 Å². The Hall–Kier alpha value is -2.34. The van der Waals surface area contributed by atoms with Gasteiger partial charge in [0.25, 0.3) is 15.9 Å². The van der Waals surface area contributed by atoms with Gasteiger partial charge in [-0.05, 0) is 61.6 Å².